The zero-order valence-electron chi connectivity index (χ0n) is 12.6. The summed E-state index contributed by atoms with van der Waals surface area (Å²) in [5.74, 6) is 0.198. The molecule has 0 aromatic heterocycles. The van der Waals surface area contributed by atoms with Gasteiger partial charge in [-0.25, -0.2) is 0 Å². The third kappa shape index (κ3) is 4.20. The Morgan fingerprint density at radius 3 is 2.53 bits per heavy atom. The summed E-state index contributed by atoms with van der Waals surface area (Å²) in [5, 5.41) is 0. The van der Waals surface area contributed by atoms with E-state index in [0.29, 0.717) is 6.54 Å². The maximum absolute atomic E-state index is 12.4. The maximum atomic E-state index is 12.4. The van der Waals surface area contributed by atoms with Crippen molar-refractivity contribution in [1.29, 1.82) is 0 Å². The first-order valence-electron chi connectivity index (χ1n) is 7.12. The fraction of sp³-hybridized carbons (Fsp3) is 0.857. The fourth-order valence-electron chi connectivity index (χ4n) is 2.40. The van der Waals surface area contributed by atoms with Gasteiger partial charge in [-0.15, -0.1) is 0 Å². The minimum atomic E-state index is -0.441. The second-order valence-electron chi connectivity index (χ2n) is 5.85. The summed E-state index contributed by atoms with van der Waals surface area (Å²) in [6.07, 6.45) is 3.09. The third-order valence-electron chi connectivity index (χ3n) is 3.94. The van der Waals surface area contributed by atoms with Crippen LogP contribution in [0.4, 0.5) is 0 Å². The van der Waals surface area contributed by atoms with E-state index in [4.69, 9.17) is 5.73 Å². The predicted octanol–water partition coefficient (Wildman–Crippen LogP) is 0.829. The van der Waals surface area contributed by atoms with E-state index in [1.54, 1.807) is 18.9 Å². The van der Waals surface area contributed by atoms with E-state index in [0.717, 1.165) is 25.8 Å². The van der Waals surface area contributed by atoms with E-state index in [2.05, 4.69) is 0 Å². The lowest BCUT2D eigenvalue weighted by molar-refractivity contribution is -0.139. The van der Waals surface area contributed by atoms with Gasteiger partial charge in [0.15, 0.2) is 0 Å². The fourth-order valence-corrected chi connectivity index (χ4v) is 2.40. The van der Waals surface area contributed by atoms with Crippen molar-refractivity contribution in [2.24, 2.45) is 11.7 Å². The number of carbonyl (C=O) groups excluding carboxylic acids is 2. The highest BCUT2D eigenvalue weighted by molar-refractivity contribution is 5.82. The van der Waals surface area contributed by atoms with Crippen molar-refractivity contribution >= 4 is 11.8 Å². The molecule has 2 amide bonds. The predicted molar refractivity (Wildman–Crippen MR) is 75.5 cm³/mol. The summed E-state index contributed by atoms with van der Waals surface area (Å²) < 4.78 is 0. The molecule has 1 aliphatic rings. The number of nitrogens with two attached hydrogens (primary N) is 1. The molecule has 1 saturated heterocycles. The number of hydrogen-bond donors (Lipinski definition) is 1. The molecule has 5 heteroatoms. The molecule has 0 aromatic carbocycles. The van der Waals surface area contributed by atoms with Crippen molar-refractivity contribution < 1.29 is 9.59 Å². The molecule has 0 bridgehead atoms. The van der Waals surface area contributed by atoms with Crippen molar-refractivity contribution in [3.63, 3.8) is 0 Å². The summed E-state index contributed by atoms with van der Waals surface area (Å²) in [4.78, 5) is 27.3. The zero-order chi connectivity index (χ0) is 14.6. The highest BCUT2D eigenvalue weighted by Gasteiger charge is 2.31. The van der Waals surface area contributed by atoms with Crippen LogP contribution in [0.5, 0.6) is 0 Å². The van der Waals surface area contributed by atoms with Gasteiger partial charge >= 0.3 is 0 Å². The Morgan fingerprint density at radius 2 is 2.00 bits per heavy atom. The minimum Gasteiger partial charge on any atom is -0.344 e. The van der Waals surface area contributed by atoms with Crippen LogP contribution in [0.3, 0.4) is 0 Å². The molecule has 0 aromatic rings. The molecular weight excluding hydrogens is 242 g/mol. The van der Waals surface area contributed by atoms with Gasteiger partial charge in [-0.3, -0.25) is 9.59 Å². The number of rotatable bonds is 4. The molecule has 1 aliphatic heterocycles. The molecule has 0 spiro atoms. The Kier molecular flexibility index (Phi) is 5.79. The van der Waals surface area contributed by atoms with Crippen molar-refractivity contribution in [3.8, 4) is 0 Å². The molecule has 1 rings (SSSR count). The van der Waals surface area contributed by atoms with Gasteiger partial charge in [0, 0.05) is 33.1 Å². The molecule has 5 nitrogen and oxygen atoms in total. The molecule has 0 aliphatic carbocycles. The first-order valence-corrected chi connectivity index (χ1v) is 7.12. The maximum Gasteiger partial charge on any atom is 0.240 e. The van der Waals surface area contributed by atoms with Crippen molar-refractivity contribution in [3.05, 3.63) is 0 Å². The largest absolute Gasteiger partial charge is 0.344 e. The van der Waals surface area contributed by atoms with Crippen molar-refractivity contribution in [1.82, 2.24) is 9.80 Å². The zero-order valence-corrected chi connectivity index (χ0v) is 12.6. The number of likely N-dealkylation sites (N-methyl/N-ethyl adjacent to an activating group) is 1. The van der Waals surface area contributed by atoms with E-state index < -0.39 is 6.04 Å². The Bertz CT molecular complexity index is 331. The third-order valence-corrected chi connectivity index (χ3v) is 3.94. The van der Waals surface area contributed by atoms with E-state index in [1.807, 2.05) is 18.7 Å². The van der Waals surface area contributed by atoms with Crippen LogP contribution in [0.2, 0.25) is 0 Å². The normalized spacial score (nSPS) is 21.4. The van der Waals surface area contributed by atoms with Crippen molar-refractivity contribution in [2.75, 3.05) is 20.1 Å². The van der Waals surface area contributed by atoms with Crippen LogP contribution < -0.4 is 5.73 Å². The van der Waals surface area contributed by atoms with E-state index in [9.17, 15) is 9.59 Å². The van der Waals surface area contributed by atoms with Crippen LogP contribution in [0.1, 0.15) is 40.0 Å². The molecule has 1 heterocycles. The number of piperidine rings is 1. The standard InChI is InChI=1S/C14H27N3O2/c1-10(2)13(15)14(19)17-8-6-5-7-12(17)9-16(4)11(3)18/h10,12-13H,5-9,15H2,1-4H3/t12-,13-/m0/s1. The minimum absolute atomic E-state index is 0.0247. The summed E-state index contributed by atoms with van der Waals surface area (Å²) in [6, 6.07) is -0.330. The highest BCUT2D eigenvalue weighted by Crippen LogP contribution is 2.19. The van der Waals surface area contributed by atoms with Gasteiger partial charge in [0.2, 0.25) is 11.8 Å². The Labute approximate surface area is 116 Å². The van der Waals surface area contributed by atoms with Gasteiger partial charge in [-0.05, 0) is 25.2 Å². The average molecular weight is 269 g/mol. The molecule has 0 saturated carbocycles. The monoisotopic (exact) mass is 269 g/mol. The summed E-state index contributed by atoms with van der Waals surface area (Å²) in [7, 11) is 1.78. The molecule has 2 atom stereocenters. The summed E-state index contributed by atoms with van der Waals surface area (Å²) in [5.41, 5.74) is 5.97. The Hall–Kier alpha value is -1.10. The first-order chi connectivity index (χ1) is 8.84. The lowest BCUT2D eigenvalue weighted by atomic mass is 9.97. The van der Waals surface area contributed by atoms with Gasteiger partial charge in [0.1, 0.15) is 0 Å². The Balaban J connectivity index is 2.72. The molecular formula is C14H27N3O2. The van der Waals surface area contributed by atoms with Gasteiger partial charge in [-0.1, -0.05) is 13.8 Å². The number of carbonyl (C=O) groups is 2. The second kappa shape index (κ2) is 6.89. The number of nitrogens with zero attached hydrogens (tertiary/aromatic N) is 2. The molecule has 1 fully saturated rings. The second-order valence-corrected chi connectivity index (χ2v) is 5.85. The van der Waals surface area contributed by atoms with Crippen LogP contribution >= 0.6 is 0 Å². The smallest absolute Gasteiger partial charge is 0.240 e. The Morgan fingerprint density at radius 1 is 1.37 bits per heavy atom. The lowest BCUT2D eigenvalue weighted by Crippen LogP contribution is -2.55. The summed E-state index contributed by atoms with van der Waals surface area (Å²) >= 11 is 0. The van der Waals surface area contributed by atoms with Gasteiger partial charge < -0.3 is 15.5 Å². The number of amides is 2. The van der Waals surface area contributed by atoms with Crippen LogP contribution in [-0.2, 0) is 9.59 Å². The van der Waals surface area contributed by atoms with E-state index in [-0.39, 0.29) is 23.8 Å². The molecule has 0 unspecified atom stereocenters. The summed E-state index contributed by atoms with van der Waals surface area (Å²) in [6.45, 7) is 6.84. The highest BCUT2D eigenvalue weighted by atomic mass is 16.2. The number of likely N-dealkylation sites (tertiary alicyclic amines) is 1. The molecule has 110 valence electrons. The number of hydrogen-bond acceptors (Lipinski definition) is 3. The van der Waals surface area contributed by atoms with E-state index in [1.165, 1.54) is 0 Å². The SMILES string of the molecule is CC(=O)N(C)C[C@@H]1CCCCN1C(=O)[C@@H](N)C(C)C. The lowest BCUT2D eigenvalue weighted by Gasteiger charge is -2.39. The molecule has 19 heavy (non-hydrogen) atoms. The molecule has 2 N–H and O–H groups in total. The van der Waals surface area contributed by atoms with Gasteiger partial charge in [0.25, 0.3) is 0 Å². The van der Waals surface area contributed by atoms with E-state index >= 15 is 0 Å². The van der Waals surface area contributed by atoms with Crippen LogP contribution in [0, 0.1) is 5.92 Å². The molecule has 0 radical (unpaired) electrons. The van der Waals surface area contributed by atoms with Crippen LogP contribution in [-0.4, -0.2) is 53.8 Å². The van der Waals surface area contributed by atoms with Crippen LogP contribution in [0.15, 0.2) is 0 Å². The topological polar surface area (TPSA) is 66.6 Å². The van der Waals surface area contributed by atoms with Gasteiger partial charge in [0.05, 0.1) is 6.04 Å². The quantitative estimate of drug-likeness (QED) is 0.822. The first kappa shape index (κ1) is 16.0. The van der Waals surface area contributed by atoms with Crippen molar-refractivity contribution in [2.45, 2.75) is 52.1 Å². The van der Waals surface area contributed by atoms with Crippen LogP contribution in [0.25, 0.3) is 0 Å². The van der Waals surface area contributed by atoms with Gasteiger partial charge in [-0.2, -0.15) is 0 Å². The average Bonchev–Trinajstić information content (AvgIpc) is 2.37.